The number of carboxylic acids is 1. The number of carboxylic acid groups (broad SMARTS) is 1. The molecule has 1 aliphatic carbocycles. The van der Waals surface area contributed by atoms with Crippen LogP contribution in [-0.4, -0.2) is 23.0 Å². The molecule has 2 rings (SSSR count). The van der Waals surface area contributed by atoms with E-state index in [1.807, 2.05) is 30.3 Å². The Bertz CT molecular complexity index is 500. The van der Waals surface area contributed by atoms with E-state index in [9.17, 15) is 9.59 Å². The SMILES string of the molecule is CC(C(=O)NC(CC(=O)O)C1CC1)C(N)c1ccccc1. The molecule has 114 valence electrons. The average Bonchev–Trinajstić information content (AvgIpc) is 3.30. The molecule has 0 saturated heterocycles. The Balaban J connectivity index is 1.96. The summed E-state index contributed by atoms with van der Waals surface area (Å²) in [5.74, 6) is -1.16. The molecular formula is C16H22N2O3. The Morgan fingerprint density at radius 3 is 2.48 bits per heavy atom. The molecule has 5 heteroatoms. The van der Waals surface area contributed by atoms with Gasteiger partial charge in [0.1, 0.15) is 0 Å². The van der Waals surface area contributed by atoms with Crippen LogP contribution in [0.15, 0.2) is 30.3 Å². The molecule has 1 aliphatic rings. The number of hydrogen-bond acceptors (Lipinski definition) is 3. The summed E-state index contributed by atoms with van der Waals surface area (Å²) in [6, 6.07) is 8.79. The predicted molar refractivity (Wildman–Crippen MR) is 79.4 cm³/mol. The number of carbonyl (C=O) groups is 2. The van der Waals surface area contributed by atoms with E-state index in [-0.39, 0.29) is 18.4 Å². The Morgan fingerprint density at radius 2 is 1.95 bits per heavy atom. The molecule has 3 unspecified atom stereocenters. The number of amides is 1. The van der Waals surface area contributed by atoms with E-state index in [2.05, 4.69) is 5.32 Å². The lowest BCUT2D eigenvalue weighted by Crippen LogP contribution is -2.43. The second-order valence-corrected chi connectivity index (χ2v) is 5.78. The molecule has 3 atom stereocenters. The van der Waals surface area contributed by atoms with Gasteiger partial charge in [0, 0.05) is 12.1 Å². The number of rotatable bonds is 7. The van der Waals surface area contributed by atoms with Crippen LogP contribution in [0.4, 0.5) is 0 Å². The van der Waals surface area contributed by atoms with Crippen molar-refractivity contribution < 1.29 is 14.7 Å². The van der Waals surface area contributed by atoms with Crippen molar-refractivity contribution in [2.45, 2.75) is 38.3 Å². The number of hydrogen-bond donors (Lipinski definition) is 3. The summed E-state index contributed by atoms with van der Waals surface area (Å²) < 4.78 is 0. The minimum Gasteiger partial charge on any atom is -0.481 e. The standard InChI is InChI=1S/C16H22N2O3/c1-10(15(17)12-5-3-2-4-6-12)16(21)18-13(9-14(19)20)11-7-8-11/h2-6,10-11,13,15H,7-9,17H2,1H3,(H,18,21)(H,19,20). The molecule has 0 aliphatic heterocycles. The van der Waals surface area contributed by atoms with Crippen LogP contribution in [0.25, 0.3) is 0 Å². The molecule has 5 nitrogen and oxygen atoms in total. The highest BCUT2D eigenvalue weighted by atomic mass is 16.4. The molecule has 1 aromatic rings. The number of aliphatic carboxylic acids is 1. The van der Waals surface area contributed by atoms with E-state index in [1.165, 1.54) is 0 Å². The van der Waals surface area contributed by atoms with E-state index in [0.29, 0.717) is 5.92 Å². The zero-order valence-electron chi connectivity index (χ0n) is 12.2. The molecule has 0 bridgehead atoms. The van der Waals surface area contributed by atoms with Gasteiger partial charge in [0.25, 0.3) is 0 Å². The second kappa shape index (κ2) is 6.72. The maximum atomic E-state index is 12.3. The molecule has 1 fully saturated rings. The summed E-state index contributed by atoms with van der Waals surface area (Å²) in [6.45, 7) is 1.78. The van der Waals surface area contributed by atoms with Crippen molar-refractivity contribution in [3.8, 4) is 0 Å². The quantitative estimate of drug-likeness (QED) is 0.712. The Hall–Kier alpha value is -1.88. The van der Waals surface area contributed by atoms with Gasteiger partial charge in [0.05, 0.1) is 12.3 Å². The molecule has 1 amide bonds. The number of benzene rings is 1. The van der Waals surface area contributed by atoms with E-state index >= 15 is 0 Å². The highest BCUT2D eigenvalue weighted by molar-refractivity contribution is 5.80. The van der Waals surface area contributed by atoms with Gasteiger partial charge < -0.3 is 16.2 Å². The molecular weight excluding hydrogens is 268 g/mol. The fraction of sp³-hybridized carbons (Fsp3) is 0.500. The second-order valence-electron chi connectivity index (χ2n) is 5.78. The van der Waals surface area contributed by atoms with Crippen molar-refractivity contribution in [3.63, 3.8) is 0 Å². The van der Waals surface area contributed by atoms with Crippen LogP contribution in [0.5, 0.6) is 0 Å². The van der Waals surface area contributed by atoms with Crippen molar-refractivity contribution >= 4 is 11.9 Å². The molecule has 1 aromatic carbocycles. The molecule has 4 N–H and O–H groups in total. The largest absolute Gasteiger partial charge is 0.481 e. The highest BCUT2D eigenvalue weighted by Crippen LogP contribution is 2.34. The van der Waals surface area contributed by atoms with Crippen LogP contribution >= 0.6 is 0 Å². The van der Waals surface area contributed by atoms with Gasteiger partial charge in [-0.2, -0.15) is 0 Å². The van der Waals surface area contributed by atoms with Gasteiger partial charge >= 0.3 is 5.97 Å². The van der Waals surface area contributed by atoms with Gasteiger partial charge in [0.15, 0.2) is 0 Å². The minimum absolute atomic E-state index is 0.0241. The summed E-state index contributed by atoms with van der Waals surface area (Å²) in [5, 5.41) is 11.8. The van der Waals surface area contributed by atoms with Crippen LogP contribution < -0.4 is 11.1 Å². The normalized spacial score (nSPS) is 18.6. The van der Waals surface area contributed by atoms with Gasteiger partial charge in [-0.05, 0) is 24.3 Å². The van der Waals surface area contributed by atoms with Crippen molar-refractivity contribution in [2.75, 3.05) is 0 Å². The number of nitrogens with one attached hydrogen (secondary N) is 1. The fourth-order valence-corrected chi connectivity index (χ4v) is 2.46. The van der Waals surface area contributed by atoms with Crippen LogP contribution in [0.1, 0.15) is 37.8 Å². The van der Waals surface area contributed by atoms with Gasteiger partial charge in [-0.3, -0.25) is 9.59 Å². The van der Waals surface area contributed by atoms with Crippen LogP contribution in [0.2, 0.25) is 0 Å². The summed E-state index contributed by atoms with van der Waals surface area (Å²) in [7, 11) is 0. The first-order valence-electron chi connectivity index (χ1n) is 7.31. The molecule has 21 heavy (non-hydrogen) atoms. The highest BCUT2D eigenvalue weighted by Gasteiger charge is 2.35. The van der Waals surface area contributed by atoms with E-state index in [1.54, 1.807) is 6.92 Å². The lowest BCUT2D eigenvalue weighted by Gasteiger charge is -2.23. The minimum atomic E-state index is -0.882. The fourth-order valence-electron chi connectivity index (χ4n) is 2.46. The zero-order chi connectivity index (χ0) is 15.4. The Morgan fingerprint density at radius 1 is 1.33 bits per heavy atom. The average molecular weight is 290 g/mol. The summed E-state index contributed by atoms with van der Waals surface area (Å²) in [5.41, 5.74) is 7.04. The first-order valence-corrected chi connectivity index (χ1v) is 7.31. The molecule has 0 spiro atoms. The summed E-state index contributed by atoms with van der Waals surface area (Å²) in [6.07, 6.45) is 1.94. The van der Waals surface area contributed by atoms with Gasteiger partial charge in [0.2, 0.25) is 5.91 Å². The lowest BCUT2D eigenvalue weighted by atomic mass is 9.94. The lowest BCUT2D eigenvalue weighted by molar-refractivity contribution is -0.138. The molecule has 0 aromatic heterocycles. The van der Waals surface area contributed by atoms with Gasteiger partial charge in [-0.25, -0.2) is 0 Å². The topological polar surface area (TPSA) is 92.4 Å². The predicted octanol–water partition coefficient (Wildman–Crippen LogP) is 1.69. The maximum Gasteiger partial charge on any atom is 0.305 e. The Labute approximate surface area is 124 Å². The Kier molecular flexibility index (Phi) is 4.96. The third-order valence-electron chi connectivity index (χ3n) is 4.05. The maximum absolute atomic E-state index is 12.3. The van der Waals surface area contributed by atoms with E-state index in [0.717, 1.165) is 18.4 Å². The number of carbonyl (C=O) groups excluding carboxylic acids is 1. The first kappa shape index (κ1) is 15.5. The van der Waals surface area contributed by atoms with Crippen molar-refractivity contribution in [3.05, 3.63) is 35.9 Å². The zero-order valence-corrected chi connectivity index (χ0v) is 12.2. The van der Waals surface area contributed by atoms with Crippen LogP contribution in [0.3, 0.4) is 0 Å². The van der Waals surface area contributed by atoms with E-state index < -0.39 is 17.9 Å². The van der Waals surface area contributed by atoms with Crippen molar-refractivity contribution in [1.82, 2.24) is 5.32 Å². The first-order chi connectivity index (χ1) is 9.99. The third kappa shape index (κ3) is 4.29. The summed E-state index contributed by atoms with van der Waals surface area (Å²) in [4.78, 5) is 23.2. The van der Waals surface area contributed by atoms with Gasteiger partial charge in [-0.15, -0.1) is 0 Å². The van der Waals surface area contributed by atoms with Gasteiger partial charge in [-0.1, -0.05) is 37.3 Å². The summed E-state index contributed by atoms with van der Waals surface area (Å²) >= 11 is 0. The van der Waals surface area contributed by atoms with Crippen molar-refractivity contribution in [2.24, 2.45) is 17.6 Å². The smallest absolute Gasteiger partial charge is 0.305 e. The number of nitrogens with two attached hydrogens (primary N) is 1. The molecule has 0 heterocycles. The van der Waals surface area contributed by atoms with Crippen LogP contribution in [0, 0.1) is 11.8 Å². The van der Waals surface area contributed by atoms with E-state index in [4.69, 9.17) is 10.8 Å². The molecule has 1 saturated carbocycles. The monoisotopic (exact) mass is 290 g/mol. The third-order valence-corrected chi connectivity index (χ3v) is 4.05. The van der Waals surface area contributed by atoms with Crippen molar-refractivity contribution in [1.29, 1.82) is 0 Å². The van der Waals surface area contributed by atoms with Crippen LogP contribution in [-0.2, 0) is 9.59 Å². The molecule has 0 radical (unpaired) electrons.